The first-order chi connectivity index (χ1) is 31.8. The average Bonchev–Trinajstić information content (AvgIpc) is 3.27. The number of rotatable bonds is 46. The van der Waals surface area contributed by atoms with E-state index in [2.05, 4.69) is 17.2 Å². The Morgan fingerprint density at radius 2 is 0.866 bits per heavy atom. The van der Waals surface area contributed by atoms with Gasteiger partial charge in [0.25, 0.3) is 0 Å². The molecule has 0 saturated heterocycles. The van der Waals surface area contributed by atoms with Crippen LogP contribution in [0.15, 0.2) is 12.2 Å². The molecule has 67 heavy (non-hydrogen) atoms. The Labute approximate surface area is 406 Å². The van der Waals surface area contributed by atoms with Gasteiger partial charge in [-0.25, -0.2) is 0 Å². The molecule has 14 nitrogen and oxygen atoms in total. The molecule has 0 aromatic heterocycles. The predicted molar refractivity (Wildman–Crippen MR) is 266 cm³/mol. The molecule has 2 atom stereocenters. The smallest absolute Gasteiger partial charge is 0.246 e. The number of hydrogen-bond donors (Lipinski definition) is 3. The van der Waals surface area contributed by atoms with Crippen LogP contribution in [-0.2, 0) is 52.4 Å². The molecule has 0 aliphatic heterocycles. The first kappa shape index (κ1) is 64.4. The minimum absolute atomic E-state index is 0.0624. The molecule has 0 fully saturated rings. The fourth-order valence-electron chi connectivity index (χ4n) is 7.03. The molecule has 3 N–H and O–H groups in total. The number of aliphatic hydroxyl groups is 1. The molecule has 0 rings (SSSR count). The van der Waals surface area contributed by atoms with Crippen molar-refractivity contribution in [3.8, 4) is 0 Å². The summed E-state index contributed by atoms with van der Waals surface area (Å²) in [6.07, 6.45) is 10.7. The number of unbranched alkanes of at least 4 members (excludes halogenated alkanes) is 3. The second kappa shape index (κ2) is 39.2. The van der Waals surface area contributed by atoms with Crippen LogP contribution >= 0.6 is 0 Å². The van der Waals surface area contributed by atoms with Crippen molar-refractivity contribution >= 4 is 29.2 Å². The van der Waals surface area contributed by atoms with Gasteiger partial charge in [-0.2, -0.15) is 0 Å². The van der Waals surface area contributed by atoms with Gasteiger partial charge in [0.05, 0.1) is 19.8 Å². The molecule has 0 aliphatic rings. The zero-order valence-electron chi connectivity index (χ0n) is 44.0. The highest BCUT2D eigenvalue weighted by Crippen LogP contribution is 2.31. The van der Waals surface area contributed by atoms with Gasteiger partial charge in [-0.1, -0.05) is 81.4 Å². The van der Waals surface area contributed by atoms with E-state index in [9.17, 15) is 29.1 Å². The van der Waals surface area contributed by atoms with E-state index in [-0.39, 0.29) is 52.3 Å². The van der Waals surface area contributed by atoms with E-state index in [4.69, 9.17) is 28.4 Å². The summed E-state index contributed by atoms with van der Waals surface area (Å²) >= 11 is 0. The van der Waals surface area contributed by atoms with Crippen LogP contribution in [0, 0.1) is 34.5 Å². The van der Waals surface area contributed by atoms with E-state index in [1.165, 1.54) is 0 Å². The molecule has 14 heteroatoms. The van der Waals surface area contributed by atoms with E-state index in [1.54, 1.807) is 0 Å². The van der Waals surface area contributed by atoms with Gasteiger partial charge < -0.3 is 44.2 Å². The Kier molecular flexibility index (Phi) is 37.7. The fourth-order valence-corrected chi connectivity index (χ4v) is 7.03. The van der Waals surface area contributed by atoms with Crippen LogP contribution in [0.3, 0.4) is 0 Å². The summed E-state index contributed by atoms with van der Waals surface area (Å²) in [7, 11) is 0. The monoisotopic (exact) mass is 955 g/mol. The van der Waals surface area contributed by atoms with E-state index in [0.717, 1.165) is 44.1 Å². The number of allylic oxidation sites excluding steroid dienone is 1. The molecule has 0 heterocycles. The minimum Gasteiger partial charge on any atom is -0.387 e. The van der Waals surface area contributed by atoms with Crippen LogP contribution in [0.1, 0.15) is 166 Å². The highest BCUT2D eigenvalue weighted by atomic mass is 16.5. The first-order valence-electron chi connectivity index (χ1n) is 25.7. The van der Waals surface area contributed by atoms with Gasteiger partial charge in [-0.15, -0.1) is 0 Å². The second-order valence-electron chi connectivity index (χ2n) is 20.5. The Morgan fingerprint density at radius 1 is 0.507 bits per heavy atom. The Balaban J connectivity index is 5.65. The topological polar surface area (TPSA) is 185 Å². The molecule has 0 bridgehead atoms. The van der Waals surface area contributed by atoms with E-state index in [1.807, 2.05) is 69.2 Å². The van der Waals surface area contributed by atoms with Crippen LogP contribution in [0.5, 0.6) is 0 Å². The van der Waals surface area contributed by atoms with Crippen LogP contribution in [0.2, 0.25) is 0 Å². The largest absolute Gasteiger partial charge is 0.387 e. The molecular formula is C53H98N2O12. The highest BCUT2D eigenvalue weighted by molar-refractivity contribution is 5.88. The van der Waals surface area contributed by atoms with Crippen molar-refractivity contribution in [2.24, 2.45) is 34.5 Å². The Bertz CT molecular complexity index is 1250. The summed E-state index contributed by atoms with van der Waals surface area (Å²) < 4.78 is 36.6. The number of aliphatic hydroxyl groups excluding tert-OH is 1. The van der Waals surface area contributed by atoms with Gasteiger partial charge in [-0.05, 0) is 88.4 Å². The maximum Gasteiger partial charge on any atom is 0.246 e. The number of ketones is 3. The minimum atomic E-state index is -0.788. The van der Waals surface area contributed by atoms with Gasteiger partial charge in [-0.3, -0.25) is 24.0 Å². The summed E-state index contributed by atoms with van der Waals surface area (Å²) in [5.74, 6) is -0.0322. The van der Waals surface area contributed by atoms with Crippen LogP contribution in [0.25, 0.3) is 0 Å². The van der Waals surface area contributed by atoms with Crippen LogP contribution in [0.4, 0.5) is 0 Å². The summed E-state index contributed by atoms with van der Waals surface area (Å²) in [6, 6.07) is -0.788. The number of Topliss-reactive ketones (excluding diaryl/α,β-unsaturated/α-hetero) is 3. The zero-order chi connectivity index (χ0) is 50.5. The van der Waals surface area contributed by atoms with Crippen molar-refractivity contribution in [2.45, 2.75) is 172 Å². The molecular weight excluding hydrogens is 857 g/mol. The predicted octanol–water partition coefficient (Wildman–Crippen LogP) is 8.43. The third kappa shape index (κ3) is 34.4. The third-order valence-electron chi connectivity index (χ3n) is 12.0. The summed E-state index contributed by atoms with van der Waals surface area (Å²) in [5.41, 5.74) is 0.151. The van der Waals surface area contributed by atoms with Gasteiger partial charge in [0.1, 0.15) is 30.0 Å². The summed E-state index contributed by atoms with van der Waals surface area (Å²) in [4.78, 5) is 61.2. The van der Waals surface area contributed by atoms with Crippen molar-refractivity contribution in [1.82, 2.24) is 10.6 Å². The van der Waals surface area contributed by atoms with Crippen molar-refractivity contribution in [3.05, 3.63) is 12.2 Å². The number of amides is 2. The normalized spacial score (nSPS) is 13.0. The Hall–Kier alpha value is -2.59. The van der Waals surface area contributed by atoms with Crippen molar-refractivity contribution in [2.75, 3.05) is 92.4 Å². The summed E-state index contributed by atoms with van der Waals surface area (Å²) in [6.45, 7) is 29.7. The molecule has 392 valence electrons. The lowest BCUT2D eigenvalue weighted by atomic mass is 9.77. The van der Waals surface area contributed by atoms with Gasteiger partial charge in [0.15, 0.2) is 0 Å². The van der Waals surface area contributed by atoms with Crippen molar-refractivity contribution < 1.29 is 57.5 Å². The average molecular weight is 955 g/mol. The molecule has 0 aromatic carbocycles. The maximum absolute atomic E-state index is 13.3. The van der Waals surface area contributed by atoms with E-state index < -0.39 is 24.0 Å². The number of ether oxygens (including phenoxy) is 6. The maximum atomic E-state index is 13.3. The highest BCUT2D eigenvalue weighted by Gasteiger charge is 2.35. The Morgan fingerprint density at radius 3 is 1.21 bits per heavy atom. The lowest BCUT2D eigenvalue weighted by Crippen LogP contribution is -2.53. The van der Waals surface area contributed by atoms with E-state index in [0.29, 0.717) is 144 Å². The first-order valence-corrected chi connectivity index (χ1v) is 25.7. The van der Waals surface area contributed by atoms with Gasteiger partial charge in [0, 0.05) is 108 Å². The van der Waals surface area contributed by atoms with Crippen LogP contribution in [-0.4, -0.2) is 133 Å². The molecule has 0 aliphatic carbocycles. The molecule has 0 saturated carbocycles. The van der Waals surface area contributed by atoms with Crippen molar-refractivity contribution in [1.29, 1.82) is 0 Å². The second-order valence-corrected chi connectivity index (χ2v) is 20.5. The van der Waals surface area contributed by atoms with Gasteiger partial charge in [0.2, 0.25) is 11.8 Å². The molecule has 0 aromatic rings. The standard InChI is InChI=1S/C53H98N2O12/c1-41(2)46(57)23-12-15-27-62-30-19-33-65-38-53(39-66-34-20-31-63-28-16-13-24-47(58)42(3)4,40-67-35-21-32-64-29-17-14-25-48(59)43(5)6)36-44(7)22-18-26-54-51(61)50(55-49(60)37-56)45(8)52(9,10)11/h41-43,45,50,56H,7,12-40H2,1-6,8-11H3,(H,54,61)(H,55,60). The molecule has 0 spiro atoms. The molecule has 2 unspecified atom stereocenters. The number of carbonyl (C=O) groups excluding carboxylic acids is 5. The van der Waals surface area contributed by atoms with Gasteiger partial charge >= 0.3 is 0 Å². The van der Waals surface area contributed by atoms with Crippen molar-refractivity contribution in [3.63, 3.8) is 0 Å². The zero-order valence-corrected chi connectivity index (χ0v) is 44.0. The third-order valence-corrected chi connectivity index (χ3v) is 12.0. The number of hydrogen-bond acceptors (Lipinski definition) is 12. The lowest BCUT2D eigenvalue weighted by Gasteiger charge is -2.34. The number of nitrogens with one attached hydrogen (secondary N) is 2. The lowest BCUT2D eigenvalue weighted by molar-refractivity contribution is -0.132. The van der Waals surface area contributed by atoms with Crippen LogP contribution < -0.4 is 10.6 Å². The fraction of sp³-hybridized carbons (Fsp3) is 0.868. The SMILES string of the molecule is C=C(CCCNC(=O)C(NC(=O)CO)C(C)C(C)(C)C)CC(COCCCOCCCCC(=O)C(C)C)(COCCCOCCCCC(=O)C(C)C)COCCCOCCCCC(=O)C(C)C. The molecule has 2 amide bonds. The molecule has 0 radical (unpaired) electrons. The summed E-state index contributed by atoms with van der Waals surface area (Å²) in [5, 5.41) is 15.0. The van der Waals surface area contributed by atoms with E-state index >= 15 is 0 Å². The number of carbonyl (C=O) groups is 5. The quantitative estimate of drug-likeness (QED) is 0.0392.